The highest BCUT2D eigenvalue weighted by molar-refractivity contribution is 5.80. The fourth-order valence-corrected chi connectivity index (χ4v) is 1.85. The van der Waals surface area contributed by atoms with Crippen molar-refractivity contribution in [2.24, 2.45) is 0 Å². The number of fused-ring (bicyclic) bond motifs is 1. The summed E-state index contributed by atoms with van der Waals surface area (Å²) in [4.78, 5) is 11.3. The molecule has 2 saturated heterocycles. The minimum absolute atomic E-state index is 0.142. The van der Waals surface area contributed by atoms with E-state index in [0.717, 1.165) is 0 Å². The van der Waals surface area contributed by atoms with Gasteiger partial charge in [0.15, 0.2) is 11.4 Å². The third-order valence-corrected chi connectivity index (χ3v) is 2.53. The molecule has 2 fully saturated rings. The van der Waals surface area contributed by atoms with E-state index in [0.29, 0.717) is 0 Å². The molecule has 14 heavy (non-hydrogen) atoms. The Hall–Kier alpha value is -0.650. The van der Waals surface area contributed by atoms with Crippen molar-refractivity contribution in [1.29, 1.82) is 0 Å². The number of esters is 1. The van der Waals surface area contributed by atoms with Crippen LogP contribution in [0.15, 0.2) is 0 Å². The zero-order valence-electron chi connectivity index (χ0n) is 8.44. The molecule has 0 aliphatic carbocycles. The highest BCUT2D eigenvalue weighted by Crippen LogP contribution is 2.37. The Morgan fingerprint density at radius 1 is 1.36 bits per heavy atom. The number of carbonyl (C=O) groups excluding carboxylic acids is 1. The van der Waals surface area contributed by atoms with Gasteiger partial charge in [-0.15, -0.1) is 0 Å². The smallest absolute Gasteiger partial charge is 0.340 e. The maximum absolute atomic E-state index is 11.3. The third kappa shape index (κ3) is 1.32. The van der Waals surface area contributed by atoms with Crippen LogP contribution in [0.2, 0.25) is 0 Å². The van der Waals surface area contributed by atoms with Gasteiger partial charge in [0.1, 0.15) is 18.8 Å². The van der Waals surface area contributed by atoms with Gasteiger partial charge in [-0.25, -0.2) is 4.79 Å². The van der Waals surface area contributed by atoms with Gasteiger partial charge in [-0.3, -0.25) is 0 Å². The van der Waals surface area contributed by atoms with Gasteiger partial charge in [0, 0.05) is 0 Å². The summed E-state index contributed by atoms with van der Waals surface area (Å²) in [7, 11) is 0. The summed E-state index contributed by atoms with van der Waals surface area (Å²) in [5.41, 5.74) is -1.61. The molecule has 0 aromatic rings. The lowest BCUT2D eigenvalue weighted by Crippen LogP contribution is -2.57. The van der Waals surface area contributed by atoms with E-state index >= 15 is 0 Å². The molecule has 0 radical (unpaired) electrons. The fourth-order valence-electron chi connectivity index (χ4n) is 1.85. The second-order valence-electron chi connectivity index (χ2n) is 4.34. The molecule has 0 spiro atoms. The Labute approximate surface area is 81.9 Å². The van der Waals surface area contributed by atoms with Gasteiger partial charge in [-0.2, -0.15) is 0 Å². The van der Waals surface area contributed by atoms with Crippen molar-refractivity contribution >= 4 is 5.97 Å². The fraction of sp³-hybridized carbons (Fsp3) is 0.889. The predicted molar refractivity (Wildman–Crippen MR) is 45.4 cm³/mol. The number of ether oxygens (including phenoxy) is 3. The number of carbonyl (C=O) groups is 1. The molecule has 5 heteroatoms. The van der Waals surface area contributed by atoms with E-state index in [-0.39, 0.29) is 12.7 Å². The van der Waals surface area contributed by atoms with Crippen LogP contribution in [0.1, 0.15) is 20.8 Å². The Morgan fingerprint density at radius 2 is 2.00 bits per heavy atom. The molecule has 2 aliphatic heterocycles. The predicted octanol–water partition coefficient (Wildman–Crippen LogP) is -0.186. The zero-order chi connectivity index (χ0) is 10.6. The molecule has 2 heterocycles. The van der Waals surface area contributed by atoms with Crippen molar-refractivity contribution in [3.63, 3.8) is 0 Å². The maximum Gasteiger partial charge on any atom is 0.340 e. The van der Waals surface area contributed by atoms with Gasteiger partial charge in [0.2, 0.25) is 0 Å². The monoisotopic (exact) mass is 202 g/mol. The molecule has 1 N–H and O–H groups in total. The zero-order valence-corrected chi connectivity index (χ0v) is 8.44. The van der Waals surface area contributed by atoms with E-state index in [1.54, 1.807) is 13.8 Å². The molecule has 80 valence electrons. The summed E-state index contributed by atoms with van der Waals surface area (Å²) in [6.45, 7) is 5.01. The molecule has 0 aromatic heterocycles. The number of aliphatic hydroxyl groups is 1. The summed E-state index contributed by atoms with van der Waals surface area (Å²) in [5, 5.41) is 9.87. The van der Waals surface area contributed by atoms with Gasteiger partial charge >= 0.3 is 5.97 Å². The first-order valence-corrected chi connectivity index (χ1v) is 4.58. The van der Waals surface area contributed by atoms with Crippen LogP contribution >= 0.6 is 0 Å². The molecule has 5 nitrogen and oxygen atoms in total. The quantitative estimate of drug-likeness (QED) is 0.552. The summed E-state index contributed by atoms with van der Waals surface area (Å²) >= 11 is 0. The Balaban J connectivity index is 2.25. The Kier molecular flexibility index (Phi) is 1.90. The van der Waals surface area contributed by atoms with Crippen LogP contribution in [0.25, 0.3) is 0 Å². The lowest BCUT2D eigenvalue weighted by atomic mass is 9.93. The second kappa shape index (κ2) is 2.68. The Morgan fingerprint density at radius 3 is 2.64 bits per heavy atom. The molecule has 2 rings (SSSR count). The minimum Gasteiger partial charge on any atom is -0.461 e. The number of hydrogen-bond acceptors (Lipinski definition) is 5. The van der Waals surface area contributed by atoms with Gasteiger partial charge in [0.05, 0.1) is 0 Å². The average Bonchev–Trinajstić information content (AvgIpc) is 2.35. The molecule has 2 aliphatic rings. The summed E-state index contributed by atoms with van der Waals surface area (Å²) in [6, 6.07) is 0. The van der Waals surface area contributed by atoms with Crippen LogP contribution < -0.4 is 0 Å². The van der Waals surface area contributed by atoms with Crippen LogP contribution in [-0.2, 0) is 19.0 Å². The number of cyclic esters (lactones) is 1. The molecule has 0 amide bonds. The number of hydrogen-bond donors (Lipinski definition) is 1. The van der Waals surface area contributed by atoms with E-state index in [1.807, 2.05) is 0 Å². The maximum atomic E-state index is 11.3. The van der Waals surface area contributed by atoms with Crippen LogP contribution in [0.4, 0.5) is 0 Å². The summed E-state index contributed by atoms with van der Waals surface area (Å²) < 4.78 is 15.7. The van der Waals surface area contributed by atoms with Crippen LogP contribution in [0.3, 0.4) is 0 Å². The van der Waals surface area contributed by atoms with E-state index in [2.05, 4.69) is 0 Å². The SMILES string of the molecule is CC1(C)O[C@H]2COC(=O)[C@](C)(O)[C@H]2O1. The van der Waals surface area contributed by atoms with Gasteiger partial charge in [-0.05, 0) is 20.8 Å². The molecule has 0 aromatic carbocycles. The van der Waals surface area contributed by atoms with Crippen LogP contribution in [0.5, 0.6) is 0 Å². The van der Waals surface area contributed by atoms with Crippen molar-refractivity contribution in [3.05, 3.63) is 0 Å². The molecule has 0 bridgehead atoms. The first-order chi connectivity index (χ1) is 6.33. The first-order valence-electron chi connectivity index (χ1n) is 4.58. The van der Waals surface area contributed by atoms with Crippen molar-refractivity contribution in [2.45, 2.75) is 44.4 Å². The second-order valence-corrected chi connectivity index (χ2v) is 4.34. The number of rotatable bonds is 0. The van der Waals surface area contributed by atoms with E-state index in [4.69, 9.17) is 14.2 Å². The molecule has 3 atom stereocenters. The molecular formula is C9H14O5. The lowest BCUT2D eigenvalue weighted by Gasteiger charge is -2.34. The summed E-state index contributed by atoms with van der Waals surface area (Å²) in [5.74, 6) is -1.42. The topological polar surface area (TPSA) is 65.0 Å². The summed E-state index contributed by atoms with van der Waals surface area (Å²) in [6.07, 6.45) is -1.02. The van der Waals surface area contributed by atoms with E-state index in [9.17, 15) is 9.90 Å². The standard InChI is InChI=1S/C9H14O5/c1-8(2)13-5-4-12-7(10)9(3,11)6(5)14-8/h5-6,11H,4H2,1-3H3/t5-,6-,9+/m0/s1. The third-order valence-electron chi connectivity index (χ3n) is 2.53. The minimum atomic E-state index is -1.61. The highest BCUT2D eigenvalue weighted by Gasteiger charge is 2.57. The van der Waals surface area contributed by atoms with Gasteiger partial charge < -0.3 is 19.3 Å². The molecular weight excluding hydrogens is 188 g/mol. The van der Waals surface area contributed by atoms with E-state index in [1.165, 1.54) is 6.92 Å². The molecule has 0 saturated carbocycles. The Bertz CT molecular complexity index is 270. The van der Waals surface area contributed by atoms with Crippen molar-refractivity contribution in [3.8, 4) is 0 Å². The van der Waals surface area contributed by atoms with Crippen LogP contribution in [-0.4, -0.2) is 41.3 Å². The highest BCUT2D eigenvalue weighted by atomic mass is 16.8. The normalized spacial score (nSPS) is 45.9. The van der Waals surface area contributed by atoms with Gasteiger partial charge in [0.25, 0.3) is 0 Å². The van der Waals surface area contributed by atoms with Crippen molar-refractivity contribution < 1.29 is 24.1 Å². The van der Waals surface area contributed by atoms with Crippen molar-refractivity contribution in [2.75, 3.05) is 6.61 Å². The molecule has 0 unspecified atom stereocenters. The van der Waals surface area contributed by atoms with Crippen molar-refractivity contribution in [1.82, 2.24) is 0 Å². The van der Waals surface area contributed by atoms with Gasteiger partial charge in [-0.1, -0.05) is 0 Å². The average molecular weight is 202 g/mol. The van der Waals surface area contributed by atoms with E-state index < -0.39 is 23.5 Å². The first kappa shape index (κ1) is 9.89. The van der Waals surface area contributed by atoms with Crippen LogP contribution in [0, 0.1) is 0 Å². The largest absolute Gasteiger partial charge is 0.461 e. The lowest BCUT2D eigenvalue weighted by molar-refractivity contribution is -0.196.